The Labute approximate surface area is 104 Å². The van der Waals surface area contributed by atoms with E-state index in [1.807, 2.05) is 0 Å². The topological polar surface area (TPSA) is 82.6 Å². The third-order valence-corrected chi connectivity index (χ3v) is 2.44. The monoisotopic (exact) mass is 253 g/mol. The van der Waals surface area contributed by atoms with Crippen molar-refractivity contribution in [3.63, 3.8) is 0 Å². The van der Waals surface area contributed by atoms with Gasteiger partial charge in [-0.25, -0.2) is 14.8 Å². The van der Waals surface area contributed by atoms with Crippen molar-refractivity contribution in [2.75, 3.05) is 38.8 Å². The van der Waals surface area contributed by atoms with Gasteiger partial charge in [0.25, 0.3) is 0 Å². The molecule has 7 nitrogen and oxygen atoms in total. The van der Waals surface area contributed by atoms with Gasteiger partial charge in [-0.15, -0.1) is 0 Å². The van der Waals surface area contributed by atoms with Crippen LogP contribution in [0.15, 0.2) is 12.4 Å². The third kappa shape index (κ3) is 3.38. The molecule has 18 heavy (non-hydrogen) atoms. The molecule has 2 heterocycles. The molecule has 1 aromatic heterocycles. The maximum atomic E-state index is 11.1. The van der Waals surface area contributed by atoms with E-state index in [1.165, 1.54) is 19.5 Å². The Morgan fingerprint density at radius 3 is 3.00 bits per heavy atom. The lowest BCUT2D eigenvalue weighted by Crippen LogP contribution is -2.34. The van der Waals surface area contributed by atoms with Gasteiger partial charge < -0.3 is 19.5 Å². The lowest BCUT2D eigenvalue weighted by Gasteiger charge is -2.23. The van der Waals surface area contributed by atoms with E-state index in [1.54, 1.807) is 0 Å². The lowest BCUT2D eigenvalue weighted by atomic mass is 10.3. The standard InChI is InChI=1S/C11H15N3O4/c1-16-11(15)9-5-14-10(6-12-9)13-4-8-7-17-2-3-18-8/h5-6,8H,2-4,7H2,1H3,(H,13,14). The minimum atomic E-state index is -0.502. The van der Waals surface area contributed by atoms with Crippen molar-refractivity contribution in [3.8, 4) is 0 Å². The van der Waals surface area contributed by atoms with E-state index in [0.717, 1.165) is 0 Å². The SMILES string of the molecule is COC(=O)c1cnc(NCC2COCCO2)cn1. The second-order valence-corrected chi connectivity index (χ2v) is 3.73. The predicted molar refractivity (Wildman–Crippen MR) is 62.4 cm³/mol. The highest BCUT2D eigenvalue weighted by Gasteiger charge is 2.14. The molecule has 1 aliphatic heterocycles. The third-order valence-electron chi connectivity index (χ3n) is 2.44. The van der Waals surface area contributed by atoms with Gasteiger partial charge in [-0.2, -0.15) is 0 Å². The molecule has 1 aliphatic rings. The maximum Gasteiger partial charge on any atom is 0.358 e. The molecule has 0 bridgehead atoms. The second-order valence-electron chi connectivity index (χ2n) is 3.73. The van der Waals surface area contributed by atoms with E-state index in [4.69, 9.17) is 9.47 Å². The van der Waals surface area contributed by atoms with Crippen LogP contribution in [-0.4, -0.2) is 55.5 Å². The highest BCUT2D eigenvalue weighted by molar-refractivity contribution is 5.86. The first-order chi connectivity index (χ1) is 8.79. The highest BCUT2D eigenvalue weighted by Crippen LogP contribution is 2.05. The van der Waals surface area contributed by atoms with Crippen molar-refractivity contribution in [1.29, 1.82) is 0 Å². The second kappa shape index (κ2) is 6.27. The molecule has 7 heteroatoms. The number of carbonyl (C=O) groups is 1. The van der Waals surface area contributed by atoms with Crippen molar-refractivity contribution >= 4 is 11.8 Å². The molecular formula is C11H15N3O4. The zero-order valence-corrected chi connectivity index (χ0v) is 10.1. The number of anilines is 1. The van der Waals surface area contributed by atoms with Crippen LogP contribution in [-0.2, 0) is 14.2 Å². The van der Waals surface area contributed by atoms with Crippen LogP contribution in [0.3, 0.4) is 0 Å². The Morgan fingerprint density at radius 2 is 2.39 bits per heavy atom. The maximum absolute atomic E-state index is 11.1. The molecule has 1 aromatic rings. The number of aromatic nitrogens is 2. The molecule has 0 aromatic carbocycles. The van der Waals surface area contributed by atoms with E-state index in [-0.39, 0.29) is 11.8 Å². The number of hydrogen-bond acceptors (Lipinski definition) is 7. The minimum Gasteiger partial charge on any atom is -0.464 e. The molecule has 0 saturated carbocycles. The zero-order valence-electron chi connectivity index (χ0n) is 10.1. The van der Waals surface area contributed by atoms with Crippen LogP contribution in [0, 0.1) is 0 Å². The lowest BCUT2D eigenvalue weighted by molar-refractivity contribution is -0.0819. The highest BCUT2D eigenvalue weighted by atomic mass is 16.6. The Balaban J connectivity index is 1.84. The molecule has 0 radical (unpaired) electrons. The van der Waals surface area contributed by atoms with Crippen molar-refractivity contribution in [2.45, 2.75) is 6.10 Å². The van der Waals surface area contributed by atoms with Gasteiger partial charge in [-0.3, -0.25) is 0 Å². The molecular weight excluding hydrogens is 238 g/mol. The Morgan fingerprint density at radius 1 is 1.50 bits per heavy atom. The average Bonchev–Trinajstić information content (AvgIpc) is 2.46. The number of carbonyl (C=O) groups excluding carboxylic acids is 1. The van der Waals surface area contributed by atoms with Crippen molar-refractivity contribution in [1.82, 2.24) is 9.97 Å². The quantitative estimate of drug-likeness (QED) is 0.761. The van der Waals surface area contributed by atoms with Crippen molar-refractivity contribution < 1.29 is 19.0 Å². The molecule has 1 N–H and O–H groups in total. The average molecular weight is 253 g/mol. The van der Waals surface area contributed by atoms with Gasteiger partial charge in [0.1, 0.15) is 5.82 Å². The first-order valence-corrected chi connectivity index (χ1v) is 5.63. The summed E-state index contributed by atoms with van der Waals surface area (Å²) in [6.07, 6.45) is 2.86. The van der Waals surface area contributed by atoms with Crippen LogP contribution in [0.5, 0.6) is 0 Å². The molecule has 0 spiro atoms. The van der Waals surface area contributed by atoms with Crippen LogP contribution in [0.25, 0.3) is 0 Å². The number of rotatable bonds is 4. The van der Waals surface area contributed by atoms with Crippen LogP contribution in [0.1, 0.15) is 10.5 Å². The van der Waals surface area contributed by atoms with Crippen LogP contribution < -0.4 is 5.32 Å². The molecule has 0 aliphatic carbocycles. The molecule has 1 saturated heterocycles. The molecule has 98 valence electrons. The summed E-state index contributed by atoms with van der Waals surface area (Å²) in [5.41, 5.74) is 0.181. The summed E-state index contributed by atoms with van der Waals surface area (Å²) < 4.78 is 15.3. The van der Waals surface area contributed by atoms with E-state index < -0.39 is 5.97 Å². The Bertz CT molecular complexity index is 390. The molecule has 1 unspecified atom stereocenters. The largest absolute Gasteiger partial charge is 0.464 e. The number of nitrogens with one attached hydrogen (secondary N) is 1. The Kier molecular flexibility index (Phi) is 4.43. The normalized spacial score (nSPS) is 19.3. The molecule has 0 amide bonds. The fraction of sp³-hybridized carbons (Fsp3) is 0.545. The number of nitrogens with zero attached hydrogens (tertiary/aromatic N) is 2. The number of esters is 1. The molecule has 2 rings (SSSR count). The predicted octanol–water partition coefficient (Wildman–Crippen LogP) is 0.0905. The van der Waals surface area contributed by atoms with E-state index >= 15 is 0 Å². The van der Waals surface area contributed by atoms with Crippen molar-refractivity contribution in [3.05, 3.63) is 18.1 Å². The summed E-state index contributed by atoms with van der Waals surface area (Å²) in [5.74, 6) is 0.0786. The minimum absolute atomic E-state index is 0.0147. The van der Waals surface area contributed by atoms with E-state index in [0.29, 0.717) is 32.2 Å². The van der Waals surface area contributed by atoms with Gasteiger partial charge in [0, 0.05) is 6.54 Å². The summed E-state index contributed by atoms with van der Waals surface area (Å²) in [6, 6.07) is 0. The summed E-state index contributed by atoms with van der Waals surface area (Å²) in [4.78, 5) is 19.2. The summed E-state index contributed by atoms with van der Waals surface area (Å²) in [7, 11) is 1.30. The summed E-state index contributed by atoms with van der Waals surface area (Å²) in [5, 5.41) is 3.07. The van der Waals surface area contributed by atoms with Crippen LogP contribution in [0.4, 0.5) is 5.82 Å². The smallest absolute Gasteiger partial charge is 0.358 e. The fourth-order valence-corrected chi connectivity index (χ4v) is 1.50. The number of hydrogen-bond donors (Lipinski definition) is 1. The van der Waals surface area contributed by atoms with Crippen molar-refractivity contribution in [2.24, 2.45) is 0 Å². The zero-order chi connectivity index (χ0) is 12.8. The number of methoxy groups -OCH3 is 1. The van der Waals surface area contributed by atoms with Gasteiger partial charge in [0.15, 0.2) is 5.69 Å². The van der Waals surface area contributed by atoms with E-state index in [9.17, 15) is 4.79 Å². The van der Waals surface area contributed by atoms with Crippen LogP contribution in [0.2, 0.25) is 0 Å². The summed E-state index contributed by atoms with van der Waals surface area (Å²) >= 11 is 0. The summed E-state index contributed by atoms with van der Waals surface area (Å²) in [6.45, 7) is 2.41. The van der Waals surface area contributed by atoms with Gasteiger partial charge in [-0.05, 0) is 0 Å². The van der Waals surface area contributed by atoms with E-state index in [2.05, 4.69) is 20.0 Å². The molecule has 1 atom stereocenters. The fourth-order valence-electron chi connectivity index (χ4n) is 1.50. The van der Waals surface area contributed by atoms with Gasteiger partial charge in [0.2, 0.25) is 0 Å². The van der Waals surface area contributed by atoms with Gasteiger partial charge in [-0.1, -0.05) is 0 Å². The number of ether oxygens (including phenoxy) is 3. The first-order valence-electron chi connectivity index (χ1n) is 5.63. The Hall–Kier alpha value is -1.73. The van der Waals surface area contributed by atoms with Gasteiger partial charge in [0.05, 0.1) is 45.4 Å². The van der Waals surface area contributed by atoms with Crippen LogP contribution >= 0.6 is 0 Å². The first kappa shape index (κ1) is 12.7. The van der Waals surface area contributed by atoms with Gasteiger partial charge >= 0.3 is 5.97 Å². The molecule has 1 fully saturated rings.